The van der Waals surface area contributed by atoms with Crippen LogP contribution < -0.4 is 5.32 Å². The Kier molecular flexibility index (Phi) is 6.67. The molecule has 0 radical (unpaired) electrons. The predicted octanol–water partition coefficient (Wildman–Crippen LogP) is 1.81. The maximum Gasteiger partial charge on any atom is 0.236 e. The van der Waals surface area contributed by atoms with E-state index in [2.05, 4.69) is 5.32 Å². The molecule has 0 saturated carbocycles. The molecule has 1 aromatic carbocycles. The van der Waals surface area contributed by atoms with E-state index in [0.717, 1.165) is 18.9 Å². The Morgan fingerprint density at radius 2 is 2.14 bits per heavy atom. The number of rotatable bonds is 7. The zero-order valence-corrected chi connectivity index (χ0v) is 16.7. The van der Waals surface area contributed by atoms with Crippen molar-refractivity contribution in [1.29, 1.82) is 0 Å². The first kappa shape index (κ1) is 21.1. The zero-order valence-electron chi connectivity index (χ0n) is 15.9. The van der Waals surface area contributed by atoms with Crippen molar-refractivity contribution < 1.29 is 26.7 Å². The highest BCUT2D eigenvalue weighted by Gasteiger charge is 2.36. The summed E-state index contributed by atoms with van der Waals surface area (Å²) in [4.78, 5) is 14.5. The van der Waals surface area contributed by atoms with E-state index in [1.165, 1.54) is 12.1 Å². The fourth-order valence-corrected chi connectivity index (χ4v) is 5.52. The fraction of sp³-hybridized carbons (Fsp3) is 0.632. The van der Waals surface area contributed by atoms with Gasteiger partial charge in [-0.1, -0.05) is 6.07 Å². The van der Waals surface area contributed by atoms with Gasteiger partial charge in [0.15, 0.2) is 9.84 Å². The smallest absolute Gasteiger partial charge is 0.236 e. The van der Waals surface area contributed by atoms with E-state index in [9.17, 15) is 22.0 Å². The van der Waals surface area contributed by atoms with Crippen molar-refractivity contribution in [1.82, 2.24) is 10.2 Å². The second kappa shape index (κ2) is 8.84. The summed E-state index contributed by atoms with van der Waals surface area (Å²) in [6.07, 6.45) is 2.10. The molecule has 2 heterocycles. The summed E-state index contributed by atoms with van der Waals surface area (Å²) in [5, 5.41) is 2.96. The first-order valence-corrected chi connectivity index (χ1v) is 11.4. The molecule has 0 aromatic heterocycles. The summed E-state index contributed by atoms with van der Waals surface area (Å²) < 4.78 is 56.4. The third-order valence-electron chi connectivity index (χ3n) is 5.38. The lowest BCUT2D eigenvalue weighted by molar-refractivity contribution is -0.134. The molecule has 0 bridgehead atoms. The normalized spacial score (nSPS) is 25.0. The van der Waals surface area contributed by atoms with Gasteiger partial charge in [0.2, 0.25) is 5.91 Å². The number of halogens is 2. The number of nitrogens with one attached hydrogen (secondary N) is 1. The van der Waals surface area contributed by atoms with Gasteiger partial charge < -0.3 is 15.0 Å². The van der Waals surface area contributed by atoms with Gasteiger partial charge >= 0.3 is 0 Å². The third-order valence-corrected chi connectivity index (χ3v) is 7.13. The minimum absolute atomic E-state index is 0.0341. The van der Waals surface area contributed by atoms with Crippen LogP contribution in [-0.4, -0.2) is 62.6 Å². The predicted molar refractivity (Wildman–Crippen MR) is 101 cm³/mol. The number of nitrogens with zero attached hydrogens (tertiary/aromatic N) is 1. The van der Waals surface area contributed by atoms with Gasteiger partial charge in [0.25, 0.3) is 0 Å². The van der Waals surface area contributed by atoms with Crippen molar-refractivity contribution in [3.05, 3.63) is 35.4 Å². The van der Waals surface area contributed by atoms with Crippen molar-refractivity contribution in [2.24, 2.45) is 0 Å². The molecular weight excluding hydrogens is 390 g/mol. The Hall–Kier alpha value is -1.58. The second-order valence-electron chi connectivity index (χ2n) is 7.51. The van der Waals surface area contributed by atoms with Crippen molar-refractivity contribution >= 4 is 15.7 Å². The summed E-state index contributed by atoms with van der Waals surface area (Å²) in [5.41, 5.74) is 0.267. The van der Waals surface area contributed by atoms with E-state index in [1.54, 1.807) is 11.8 Å². The fourth-order valence-electron chi connectivity index (χ4n) is 3.79. The van der Waals surface area contributed by atoms with E-state index in [1.807, 2.05) is 0 Å². The number of benzene rings is 1. The number of carbonyl (C=O) groups excluding carboxylic acids is 1. The van der Waals surface area contributed by atoms with Gasteiger partial charge in [0, 0.05) is 36.9 Å². The highest BCUT2D eigenvalue weighted by Crippen LogP contribution is 2.22. The van der Waals surface area contributed by atoms with Crippen molar-refractivity contribution in [3.8, 4) is 0 Å². The van der Waals surface area contributed by atoms with E-state index in [0.29, 0.717) is 19.6 Å². The van der Waals surface area contributed by atoms with Crippen LogP contribution in [-0.2, 0) is 19.4 Å². The van der Waals surface area contributed by atoms with Gasteiger partial charge in [0.1, 0.15) is 11.6 Å². The summed E-state index contributed by atoms with van der Waals surface area (Å²) in [6.45, 7) is 2.63. The number of sulfone groups is 1. The van der Waals surface area contributed by atoms with Gasteiger partial charge in [-0.05, 0) is 32.3 Å². The minimum atomic E-state index is -3.13. The Bertz CT molecular complexity index is 812. The second-order valence-corrected chi connectivity index (χ2v) is 9.74. The lowest BCUT2D eigenvalue weighted by atomic mass is 10.1. The standard InChI is InChI=1S/C19H26F2N2O4S/c1-13(17-5-4-14(20)9-18(17)21)22-10-19(24)23(11-16-3-2-7-27-16)15-6-8-28(25,26)12-15/h4-5,9,13,15-16,22H,2-3,6-8,10-12H2,1H3. The molecule has 0 spiro atoms. The highest BCUT2D eigenvalue weighted by atomic mass is 32.2. The monoisotopic (exact) mass is 416 g/mol. The van der Waals surface area contributed by atoms with Crippen LogP contribution in [0.1, 0.15) is 37.8 Å². The molecule has 6 nitrogen and oxygen atoms in total. The van der Waals surface area contributed by atoms with E-state index in [4.69, 9.17) is 4.74 Å². The lowest BCUT2D eigenvalue weighted by Crippen LogP contribution is -2.48. The molecule has 1 aromatic rings. The Balaban J connectivity index is 1.64. The zero-order chi connectivity index (χ0) is 20.3. The maximum atomic E-state index is 13.9. The Morgan fingerprint density at radius 1 is 1.36 bits per heavy atom. The third kappa shape index (κ3) is 5.27. The summed E-state index contributed by atoms with van der Waals surface area (Å²) in [7, 11) is -3.13. The number of ether oxygens (including phenoxy) is 1. The van der Waals surface area contributed by atoms with E-state index >= 15 is 0 Å². The van der Waals surface area contributed by atoms with Gasteiger partial charge in [-0.25, -0.2) is 17.2 Å². The molecular formula is C19H26F2N2O4S. The van der Waals surface area contributed by atoms with Crippen LogP contribution in [0.4, 0.5) is 8.78 Å². The molecule has 3 atom stereocenters. The van der Waals surface area contributed by atoms with Crippen molar-refractivity contribution in [2.75, 3.05) is 31.2 Å². The molecule has 9 heteroatoms. The quantitative estimate of drug-likeness (QED) is 0.734. The van der Waals surface area contributed by atoms with E-state index < -0.39 is 27.5 Å². The SMILES string of the molecule is CC(NCC(=O)N(CC1CCCO1)C1CCS(=O)(=O)C1)c1ccc(F)cc1F. The van der Waals surface area contributed by atoms with Crippen LogP contribution in [0.15, 0.2) is 18.2 Å². The van der Waals surface area contributed by atoms with Gasteiger partial charge in [-0.2, -0.15) is 0 Å². The maximum absolute atomic E-state index is 13.9. The average molecular weight is 416 g/mol. The topological polar surface area (TPSA) is 75.7 Å². The Morgan fingerprint density at radius 3 is 2.75 bits per heavy atom. The van der Waals surface area contributed by atoms with Crippen LogP contribution in [0.2, 0.25) is 0 Å². The van der Waals surface area contributed by atoms with Crippen LogP contribution in [0, 0.1) is 11.6 Å². The molecule has 1 N–H and O–H groups in total. The summed E-state index contributed by atoms with van der Waals surface area (Å²) >= 11 is 0. The number of carbonyl (C=O) groups is 1. The summed E-state index contributed by atoms with van der Waals surface area (Å²) in [6, 6.07) is 2.47. The largest absolute Gasteiger partial charge is 0.376 e. The van der Waals surface area contributed by atoms with Crippen LogP contribution in [0.3, 0.4) is 0 Å². The molecule has 0 aliphatic carbocycles. The van der Waals surface area contributed by atoms with Crippen LogP contribution in [0.5, 0.6) is 0 Å². The molecule has 3 rings (SSSR count). The number of hydrogen-bond acceptors (Lipinski definition) is 5. The first-order chi connectivity index (χ1) is 13.2. The molecule has 2 fully saturated rings. The summed E-state index contributed by atoms with van der Waals surface area (Å²) in [5.74, 6) is -1.53. The number of hydrogen-bond donors (Lipinski definition) is 1. The first-order valence-electron chi connectivity index (χ1n) is 9.55. The minimum Gasteiger partial charge on any atom is -0.376 e. The molecule has 1 amide bonds. The molecule has 2 aliphatic heterocycles. The Labute approximate surface area is 164 Å². The molecule has 2 aliphatic rings. The van der Waals surface area contributed by atoms with Crippen molar-refractivity contribution in [2.45, 2.75) is 44.4 Å². The van der Waals surface area contributed by atoms with Crippen LogP contribution in [0.25, 0.3) is 0 Å². The van der Waals surface area contributed by atoms with Crippen molar-refractivity contribution in [3.63, 3.8) is 0 Å². The van der Waals surface area contributed by atoms with Crippen LogP contribution >= 0.6 is 0 Å². The number of amides is 1. The molecule has 3 unspecified atom stereocenters. The lowest BCUT2D eigenvalue weighted by Gasteiger charge is -2.31. The van der Waals surface area contributed by atoms with E-state index in [-0.39, 0.29) is 41.7 Å². The molecule has 2 saturated heterocycles. The molecule has 156 valence electrons. The average Bonchev–Trinajstić information content (AvgIpc) is 3.26. The van der Waals surface area contributed by atoms with Gasteiger partial charge in [-0.3, -0.25) is 4.79 Å². The highest BCUT2D eigenvalue weighted by molar-refractivity contribution is 7.91. The van der Waals surface area contributed by atoms with Gasteiger partial charge in [0.05, 0.1) is 24.2 Å². The molecule has 28 heavy (non-hydrogen) atoms. The van der Waals surface area contributed by atoms with Gasteiger partial charge in [-0.15, -0.1) is 0 Å².